The molecule has 4 nitrogen and oxygen atoms in total. The molecule has 0 radical (unpaired) electrons. The van der Waals surface area contributed by atoms with E-state index in [4.69, 9.17) is 21.6 Å². The Hall–Kier alpha value is -2.12. The van der Waals surface area contributed by atoms with Crippen LogP contribution in [0, 0.1) is 18.3 Å². The molecule has 2 rings (SSSR count). The van der Waals surface area contributed by atoms with Gasteiger partial charge in [0.1, 0.15) is 17.2 Å². The van der Waals surface area contributed by atoms with Crippen LogP contribution in [0.15, 0.2) is 24.5 Å². The summed E-state index contributed by atoms with van der Waals surface area (Å²) in [6.07, 6.45) is 1.37. The first-order valence-corrected chi connectivity index (χ1v) is 6.59. The van der Waals surface area contributed by atoms with E-state index in [-0.39, 0.29) is 5.92 Å². The van der Waals surface area contributed by atoms with Crippen LogP contribution in [-0.4, -0.2) is 9.97 Å². The molecule has 0 spiro atoms. The first kappa shape index (κ1) is 14.3. The molecule has 0 saturated heterocycles. The van der Waals surface area contributed by atoms with E-state index in [9.17, 15) is 0 Å². The highest BCUT2D eigenvalue weighted by molar-refractivity contribution is 6.30. The van der Waals surface area contributed by atoms with Crippen molar-refractivity contribution in [2.24, 2.45) is 0 Å². The van der Waals surface area contributed by atoms with Crippen molar-refractivity contribution in [1.82, 2.24) is 9.97 Å². The van der Waals surface area contributed by atoms with Crippen LogP contribution in [0.4, 0.5) is 0 Å². The van der Waals surface area contributed by atoms with Crippen LogP contribution in [0.5, 0.6) is 11.6 Å². The normalized spacial score (nSPS) is 10.4. The van der Waals surface area contributed by atoms with Gasteiger partial charge in [0, 0.05) is 0 Å². The van der Waals surface area contributed by atoms with Gasteiger partial charge in [-0.25, -0.2) is 9.97 Å². The van der Waals surface area contributed by atoms with E-state index in [1.807, 2.05) is 26.8 Å². The average Bonchev–Trinajstić information content (AvgIpc) is 2.41. The second-order valence-corrected chi connectivity index (χ2v) is 5.09. The molecular weight excluding hydrogens is 274 g/mol. The lowest BCUT2D eigenvalue weighted by Crippen LogP contribution is -2.00. The number of halogens is 1. The van der Waals surface area contributed by atoms with Crippen LogP contribution in [-0.2, 0) is 0 Å². The number of nitrogens with zero attached hydrogens (tertiary/aromatic N) is 3. The van der Waals surface area contributed by atoms with Crippen LogP contribution in [0.2, 0.25) is 5.15 Å². The zero-order valence-electron chi connectivity index (χ0n) is 11.5. The number of aryl methyl sites for hydroxylation is 1. The van der Waals surface area contributed by atoms with Gasteiger partial charge in [-0.2, -0.15) is 5.26 Å². The third-order valence-electron chi connectivity index (χ3n) is 2.90. The van der Waals surface area contributed by atoms with E-state index < -0.39 is 0 Å². The zero-order valence-corrected chi connectivity index (χ0v) is 12.3. The molecule has 0 bridgehead atoms. The molecule has 2 aromatic rings. The standard InChI is InChI=1S/C15H14ClN3O/c1-9(2)13-14(16)18-8-19-15(13)20-12-6-11(7-17)5-4-10(12)3/h4-6,8-9H,1-3H3. The molecule has 0 aliphatic carbocycles. The Balaban J connectivity index is 2.45. The number of hydrogen-bond donors (Lipinski definition) is 0. The predicted molar refractivity (Wildman–Crippen MR) is 77.1 cm³/mol. The van der Waals surface area contributed by atoms with Gasteiger partial charge in [0.15, 0.2) is 0 Å². The number of nitriles is 1. The SMILES string of the molecule is Cc1ccc(C#N)cc1Oc1ncnc(Cl)c1C(C)C. The molecule has 1 heterocycles. The minimum atomic E-state index is 0.137. The van der Waals surface area contributed by atoms with Gasteiger partial charge < -0.3 is 4.74 Å². The largest absolute Gasteiger partial charge is 0.438 e. The maximum Gasteiger partial charge on any atom is 0.227 e. The van der Waals surface area contributed by atoms with Gasteiger partial charge in [0.05, 0.1) is 17.2 Å². The molecule has 0 fully saturated rings. The van der Waals surface area contributed by atoms with E-state index in [1.165, 1.54) is 6.33 Å². The lowest BCUT2D eigenvalue weighted by molar-refractivity contribution is 0.448. The monoisotopic (exact) mass is 287 g/mol. The fourth-order valence-electron chi connectivity index (χ4n) is 1.81. The third kappa shape index (κ3) is 2.89. The second-order valence-electron chi connectivity index (χ2n) is 4.73. The molecule has 0 saturated carbocycles. The van der Waals surface area contributed by atoms with Gasteiger partial charge in [0.2, 0.25) is 5.88 Å². The first-order valence-electron chi connectivity index (χ1n) is 6.22. The van der Waals surface area contributed by atoms with E-state index >= 15 is 0 Å². The summed E-state index contributed by atoms with van der Waals surface area (Å²) in [5.41, 5.74) is 2.22. The third-order valence-corrected chi connectivity index (χ3v) is 3.20. The molecule has 1 aromatic carbocycles. The number of hydrogen-bond acceptors (Lipinski definition) is 4. The molecule has 0 unspecified atom stereocenters. The van der Waals surface area contributed by atoms with Crippen molar-refractivity contribution >= 4 is 11.6 Å². The average molecular weight is 288 g/mol. The number of ether oxygens (including phenoxy) is 1. The highest BCUT2D eigenvalue weighted by atomic mass is 35.5. The molecule has 0 aliphatic rings. The fourth-order valence-corrected chi connectivity index (χ4v) is 2.15. The van der Waals surface area contributed by atoms with Crippen molar-refractivity contribution in [2.45, 2.75) is 26.7 Å². The molecule has 0 aliphatic heterocycles. The van der Waals surface area contributed by atoms with E-state index in [2.05, 4.69) is 16.0 Å². The molecule has 0 amide bonds. The van der Waals surface area contributed by atoms with Crippen LogP contribution in [0.25, 0.3) is 0 Å². The van der Waals surface area contributed by atoms with Crippen molar-refractivity contribution in [2.75, 3.05) is 0 Å². The zero-order chi connectivity index (χ0) is 14.7. The Morgan fingerprint density at radius 2 is 2.05 bits per heavy atom. The summed E-state index contributed by atoms with van der Waals surface area (Å²) >= 11 is 6.11. The molecule has 20 heavy (non-hydrogen) atoms. The van der Waals surface area contributed by atoms with Crippen LogP contribution in [0.1, 0.15) is 36.5 Å². The topological polar surface area (TPSA) is 58.8 Å². The van der Waals surface area contributed by atoms with Gasteiger partial charge in [-0.05, 0) is 30.5 Å². The molecule has 1 aromatic heterocycles. The second kappa shape index (κ2) is 5.89. The highest BCUT2D eigenvalue weighted by Gasteiger charge is 2.16. The highest BCUT2D eigenvalue weighted by Crippen LogP contribution is 2.33. The summed E-state index contributed by atoms with van der Waals surface area (Å²) in [6.45, 7) is 5.90. The molecule has 0 atom stereocenters. The van der Waals surface area contributed by atoms with Gasteiger partial charge >= 0.3 is 0 Å². The maximum absolute atomic E-state index is 8.95. The van der Waals surface area contributed by atoms with Crippen LogP contribution in [0.3, 0.4) is 0 Å². The predicted octanol–water partition coefficient (Wildman–Crippen LogP) is 4.23. The van der Waals surface area contributed by atoms with E-state index in [1.54, 1.807) is 12.1 Å². The summed E-state index contributed by atoms with van der Waals surface area (Å²) in [6, 6.07) is 7.37. The fraction of sp³-hybridized carbons (Fsp3) is 0.267. The number of rotatable bonds is 3. The van der Waals surface area contributed by atoms with Gasteiger partial charge in [0.25, 0.3) is 0 Å². The Bertz CT molecular complexity index is 677. The lowest BCUT2D eigenvalue weighted by atomic mass is 10.1. The Morgan fingerprint density at radius 1 is 1.30 bits per heavy atom. The minimum Gasteiger partial charge on any atom is -0.438 e. The van der Waals surface area contributed by atoms with E-state index in [0.29, 0.717) is 22.3 Å². The molecule has 5 heteroatoms. The smallest absolute Gasteiger partial charge is 0.227 e. The van der Waals surface area contributed by atoms with Crippen molar-refractivity contribution in [3.05, 3.63) is 46.4 Å². The van der Waals surface area contributed by atoms with Crippen molar-refractivity contribution < 1.29 is 4.74 Å². The van der Waals surface area contributed by atoms with Crippen molar-refractivity contribution in [1.29, 1.82) is 5.26 Å². The Kier molecular flexibility index (Phi) is 4.21. The summed E-state index contributed by atoms with van der Waals surface area (Å²) < 4.78 is 5.84. The quantitative estimate of drug-likeness (QED) is 0.793. The van der Waals surface area contributed by atoms with Gasteiger partial charge in [-0.15, -0.1) is 0 Å². The van der Waals surface area contributed by atoms with Crippen molar-refractivity contribution in [3.63, 3.8) is 0 Å². The maximum atomic E-state index is 8.95. The van der Waals surface area contributed by atoms with Crippen LogP contribution >= 0.6 is 11.6 Å². The summed E-state index contributed by atoms with van der Waals surface area (Å²) in [5, 5.41) is 9.34. The number of aromatic nitrogens is 2. The summed E-state index contributed by atoms with van der Waals surface area (Å²) in [4.78, 5) is 8.13. The van der Waals surface area contributed by atoms with Crippen LogP contribution < -0.4 is 4.74 Å². The Morgan fingerprint density at radius 3 is 2.70 bits per heavy atom. The first-order chi connectivity index (χ1) is 9.52. The van der Waals surface area contributed by atoms with Gasteiger partial charge in [-0.1, -0.05) is 31.5 Å². The minimum absolute atomic E-state index is 0.137. The van der Waals surface area contributed by atoms with Gasteiger partial charge in [-0.3, -0.25) is 0 Å². The molecule has 0 N–H and O–H groups in total. The van der Waals surface area contributed by atoms with Crippen molar-refractivity contribution in [3.8, 4) is 17.7 Å². The lowest BCUT2D eigenvalue weighted by Gasteiger charge is -2.14. The molecular formula is C15H14ClN3O. The number of benzene rings is 1. The van der Waals surface area contributed by atoms with E-state index in [0.717, 1.165) is 11.1 Å². The molecule has 102 valence electrons. The Labute approximate surface area is 123 Å². The summed E-state index contributed by atoms with van der Waals surface area (Å²) in [5.74, 6) is 1.16. The summed E-state index contributed by atoms with van der Waals surface area (Å²) in [7, 11) is 0.